The first kappa shape index (κ1) is 14.1. The van der Waals surface area contributed by atoms with Gasteiger partial charge in [0.05, 0.1) is 22.0 Å². The molecule has 5 nitrogen and oxygen atoms in total. The minimum Gasteiger partial charge on any atom is -0.280 e. The van der Waals surface area contributed by atoms with Gasteiger partial charge in [-0.1, -0.05) is 6.07 Å². The van der Waals surface area contributed by atoms with Gasteiger partial charge in [-0.05, 0) is 62.8 Å². The molecule has 1 aliphatic carbocycles. The largest absolute Gasteiger partial charge is 0.280 e. The van der Waals surface area contributed by atoms with Crippen LogP contribution in [0, 0.1) is 13.8 Å². The van der Waals surface area contributed by atoms with Gasteiger partial charge in [0.1, 0.15) is 0 Å². The zero-order chi connectivity index (χ0) is 15.0. The number of sulfonamides is 1. The first-order valence-corrected chi connectivity index (χ1v) is 8.62. The van der Waals surface area contributed by atoms with E-state index < -0.39 is 10.0 Å². The Morgan fingerprint density at radius 2 is 1.86 bits per heavy atom. The molecule has 0 bridgehead atoms. The Hall–Kier alpha value is -1.82. The fourth-order valence-electron chi connectivity index (χ4n) is 2.77. The summed E-state index contributed by atoms with van der Waals surface area (Å²) in [6.07, 6.45) is 4.32. The lowest BCUT2D eigenvalue weighted by molar-refractivity contribution is 0.600. The average Bonchev–Trinajstić information content (AvgIpc) is 2.78. The third-order valence-electron chi connectivity index (χ3n) is 3.99. The molecule has 2 N–H and O–H groups in total. The number of benzene rings is 1. The van der Waals surface area contributed by atoms with Crippen molar-refractivity contribution in [1.82, 2.24) is 10.2 Å². The van der Waals surface area contributed by atoms with E-state index in [-0.39, 0.29) is 0 Å². The van der Waals surface area contributed by atoms with Gasteiger partial charge >= 0.3 is 0 Å². The number of H-pyrrole nitrogens is 1. The van der Waals surface area contributed by atoms with Crippen molar-refractivity contribution in [2.75, 3.05) is 4.72 Å². The molecule has 0 radical (unpaired) electrons. The lowest BCUT2D eigenvalue weighted by Gasteiger charge is -2.17. The summed E-state index contributed by atoms with van der Waals surface area (Å²) >= 11 is 0. The predicted octanol–water partition coefficient (Wildman–Crippen LogP) is 2.71. The molecule has 0 fully saturated rings. The van der Waals surface area contributed by atoms with Gasteiger partial charge < -0.3 is 0 Å². The predicted molar refractivity (Wildman–Crippen MR) is 82.0 cm³/mol. The molecule has 2 aromatic rings. The minimum atomic E-state index is -3.57. The number of anilines is 1. The van der Waals surface area contributed by atoms with Gasteiger partial charge in [0.25, 0.3) is 10.0 Å². The molecule has 6 heteroatoms. The van der Waals surface area contributed by atoms with Crippen LogP contribution in [0.5, 0.6) is 0 Å². The smallest absolute Gasteiger partial charge is 0.262 e. The van der Waals surface area contributed by atoms with Crippen LogP contribution in [0.15, 0.2) is 23.1 Å². The van der Waals surface area contributed by atoms with Crippen LogP contribution in [0.4, 0.5) is 5.69 Å². The van der Waals surface area contributed by atoms with Gasteiger partial charge in [-0.25, -0.2) is 8.42 Å². The molecule has 1 aliphatic rings. The lowest BCUT2D eigenvalue weighted by atomic mass is 9.92. The van der Waals surface area contributed by atoms with Gasteiger partial charge in [0, 0.05) is 0 Å². The highest BCUT2D eigenvalue weighted by Gasteiger charge is 2.20. The third kappa shape index (κ3) is 2.68. The monoisotopic (exact) mass is 305 g/mol. The number of hydrogen-bond acceptors (Lipinski definition) is 3. The number of aryl methyl sites for hydroxylation is 4. The van der Waals surface area contributed by atoms with Crippen molar-refractivity contribution in [3.05, 3.63) is 40.7 Å². The summed E-state index contributed by atoms with van der Waals surface area (Å²) in [5.74, 6) is 0. The maximum atomic E-state index is 12.5. The Morgan fingerprint density at radius 3 is 2.52 bits per heavy atom. The maximum Gasteiger partial charge on any atom is 0.262 e. The maximum absolute atomic E-state index is 12.5. The van der Waals surface area contributed by atoms with Crippen LogP contribution in [0.2, 0.25) is 0 Å². The molecule has 1 aromatic heterocycles. The number of aromatic amines is 1. The molecule has 21 heavy (non-hydrogen) atoms. The van der Waals surface area contributed by atoms with E-state index in [4.69, 9.17) is 0 Å². The van der Waals surface area contributed by atoms with Crippen molar-refractivity contribution in [2.45, 2.75) is 44.4 Å². The van der Waals surface area contributed by atoms with Crippen molar-refractivity contribution in [3.63, 3.8) is 0 Å². The quantitative estimate of drug-likeness (QED) is 0.915. The van der Waals surface area contributed by atoms with Crippen LogP contribution in [-0.4, -0.2) is 18.6 Å². The topological polar surface area (TPSA) is 74.8 Å². The first-order valence-electron chi connectivity index (χ1n) is 7.13. The molecular weight excluding hydrogens is 286 g/mol. The van der Waals surface area contributed by atoms with Crippen molar-refractivity contribution < 1.29 is 8.42 Å². The van der Waals surface area contributed by atoms with Gasteiger partial charge in [-0.15, -0.1) is 0 Å². The summed E-state index contributed by atoms with van der Waals surface area (Å²) in [7, 11) is -3.57. The van der Waals surface area contributed by atoms with E-state index in [1.807, 2.05) is 12.1 Å². The fourth-order valence-corrected chi connectivity index (χ4v) is 4.00. The average molecular weight is 305 g/mol. The Morgan fingerprint density at radius 1 is 1.14 bits per heavy atom. The molecule has 0 saturated carbocycles. The molecule has 112 valence electrons. The van der Waals surface area contributed by atoms with Crippen LogP contribution in [-0.2, 0) is 22.9 Å². The number of nitrogens with zero attached hydrogens (tertiary/aromatic N) is 1. The molecule has 0 aliphatic heterocycles. The van der Waals surface area contributed by atoms with Crippen LogP contribution < -0.4 is 4.72 Å². The van der Waals surface area contributed by atoms with Crippen molar-refractivity contribution in [1.29, 1.82) is 0 Å². The molecule has 3 rings (SSSR count). The van der Waals surface area contributed by atoms with E-state index in [0.29, 0.717) is 22.0 Å². The Balaban J connectivity index is 1.95. The Kier molecular flexibility index (Phi) is 3.49. The van der Waals surface area contributed by atoms with E-state index in [9.17, 15) is 8.42 Å². The Labute approximate surface area is 124 Å². The molecule has 0 saturated heterocycles. The first-order chi connectivity index (χ1) is 9.97. The molecule has 1 aromatic carbocycles. The molecule has 0 unspecified atom stereocenters. The molecular formula is C15H19N3O2S. The van der Waals surface area contributed by atoms with Crippen molar-refractivity contribution in [2.24, 2.45) is 0 Å². The van der Waals surface area contributed by atoms with E-state index in [0.717, 1.165) is 24.8 Å². The van der Waals surface area contributed by atoms with E-state index in [1.165, 1.54) is 12.0 Å². The molecule has 0 spiro atoms. The van der Waals surface area contributed by atoms with Crippen molar-refractivity contribution >= 4 is 15.7 Å². The lowest BCUT2D eigenvalue weighted by Crippen LogP contribution is -2.15. The normalized spacial score (nSPS) is 14.8. The number of aromatic nitrogens is 2. The fraction of sp³-hybridized carbons (Fsp3) is 0.400. The van der Waals surface area contributed by atoms with Gasteiger partial charge in [-0.2, -0.15) is 5.10 Å². The van der Waals surface area contributed by atoms with Gasteiger partial charge in [0.2, 0.25) is 0 Å². The summed E-state index contributed by atoms with van der Waals surface area (Å²) in [6.45, 7) is 3.57. The van der Waals surface area contributed by atoms with Crippen LogP contribution in [0.3, 0.4) is 0 Å². The minimum absolute atomic E-state index is 0.322. The summed E-state index contributed by atoms with van der Waals surface area (Å²) in [6, 6.07) is 5.44. The summed E-state index contributed by atoms with van der Waals surface area (Å²) in [5.41, 5.74) is 4.33. The van der Waals surface area contributed by atoms with E-state index in [1.54, 1.807) is 19.9 Å². The second kappa shape index (κ2) is 5.18. The zero-order valence-electron chi connectivity index (χ0n) is 12.2. The number of fused-ring (bicyclic) bond motifs is 1. The second-order valence-electron chi connectivity index (χ2n) is 5.55. The summed E-state index contributed by atoms with van der Waals surface area (Å²) in [4.78, 5) is 0.322. The summed E-state index contributed by atoms with van der Waals surface area (Å²) < 4.78 is 27.7. The van der Waals surface area contributed by atoms with Gasteiger partial charge in [-0.3, -0.25) is 9.82 Å². The van der Waals surface area contributed by atoms with Gasteiger partial charge in [0.15, 0.2) is 0 Å². The number of rotatable bonds is 3. The highest BCUT2D eigenvalue weighted by Crippen LogP contribution is 2.26. The Bertz CT molecular complexity index is 759. The molecule has 0 atom stereocenters. The van der Waals surface area contributed by atoms with E-state index >= 15 is 0 Å². The van der Waals surface area contributed by atoms with Crippen LogP contribution in [0.1, 0.15) is 35.4 Å². The highest BCUT2D eigenvalue weighted by molar-refractivity contribution is 7.92. The molecule has 0 amide bonds. The zero-order valence-corrected chi connectivity index (χ0v) is 13.0. The number of nitrogens with one attached hydrogen (secondary N) is 2. The standard InChI is InChI=1S/C15H19N3O2S/c1-10-15(11(2)17-16-10)18-21(19,20)14-8-7-12-5-3-4-6-13(12)9-14/h7-9,18H,3-6H2,1-2H3,(H,16,17). The third-order valence-corrected chi connectivity index (χ3v) is 5.34. The van der Waals surface area contributed by atoms with E-state index in [2.05, 4.69) is 14.9 Å². The van der Waals surface area contributed by atoms with Crippen molar-refractivity contribution in [3.8, 4) is 0 Å². The summed E-state index contributed by atoms with van der Waals surface area (Å²) in [5, 5.41) is 6.80. The molecule has 1 heterocycles. The highest BCUT2D eigenvalue weighted by atomic mass is 32.2. The second-order valence-corrected chi connectivity index (χ2v) is 7.23. The van der Waals surface area contributed by atoms with Crippen LogP contribution >= 0.6 is 0 Å². The van der Waals surface area contributed by atoms with Crippen LogP contribution in [0.25, 0.3) is 0 Å². The SMILES string of the molecule is Cc1n[nH]c(C)c1NS(=O)(=O)c1ccc2c(c1)CCCC2. The number of hydrogen-bond donors (Lipinski definition) is 2.